The summed E-state index contributed by atoms with van der Waals surface area (Å²) in [6.45, 7) is 2.43. The van der Waals surface area contributed by atoms with Crippen molar-refractivity contribution in [3.8, 4) is 0 Å². The maximum Gasteiger partial charge on any atom is 0.228 e. The van der Waals surface area contributed by atoms with Crippen LogP contribution >= 0.6 is 0 Å². The normalized spacial score (nSPS) is 19.8. The molecule has 0 spiro atoms. The van der Waals surface area contributed by atoms with Crippen molar-refractivity contribution < 1.29 is 4.79 Å². The fourth-order valence-corrected chi connectivity index (χ4v) is 2.16. The molecule has 0 bridgehead atoms. The number of hydrogen-bond acceptors (Lipinski definition) is 3. The number of nitrogens with zero attached hydrogens (tertiary/aromatic N) is 2. The number of aromatic nitrogens is 1. The molecule has 17 heavy (non-hydrogen) atoms. The smallest absolute Gasteiger partial charge is 0.228 e. The van der Waals surface area contributed by atoms with E-state index in [2.05, 4.69) is 15.2 Å². The van der Waals surface area contributed by atoms with Crippen LogP contribution in [-0.2, 0) is 11.3 Å². The van der Waals surface area contributed by atoms with Crippen LogP contribution in [0.3, 0.4) is 0 Å². The number of nitrogens with one attached hydrogen (secondary N) is 1. The highest BCUT2D eigenvalue weighted by molar-refractivity contribution is 5.80. The van der Waals surface area contributed by atoms with Gasteiger partial charge in [-0.15, -0.1) is 0 Å². The maximum atomic E-state index is 12.3. The molecule has 0 unspecified atom stereocenters. The lowest BCUT2D eigenvalue weighted by molar-refractivity contribution is -0.138. The van der Waals surface area contributed by atoms with Gasteiger partial charge in [0, 0.05) is 38.1 Å². The molecule has 1 aromatic heterocycles. The van der Waals surface area contributed by atoms with E-state index in [4.69, 9.17) is 0 Å². The lowest BCUT2D eigenvalue weighted by Crippen LogP contribution is -2.52. The number of carbonyl (C=O) groups is 1. The Morgan fingerprint density at radius 2 is 2.06 bits per heavy atom. The van der Waals surface area contributed by atoms with Crippen LogP contribution in [0.4, 0.5) is 0 Å². The van der Waals surface area contributed by atoms with Gasteiger partial charge >= 0.3 is 0 Å². The molecule has 1 saturated heterocycles. The van der Waals surface area contributed by atoms with E-state index in [1.54, 1.807) is 12.4 Å². The molecule has 1 amide bonds. The molecular weight excluding hydrogens is 214 g/mol. The summed E-state index contributed by atoms with van der Waals surface area (Å²) >= 11 is 0. The highest BCUT2D eigenvalue weighted by atomic mass is 16.2. The molecule has 2 fully saturated rings. The van der Waals surface area contributed by atoms with Gasteiger partial charge in [0.2, 0.25) is 5.91 Å². The molecule has 2 heterocycles. The second-order valence-electron chi connectivity index (χ2n) is 4.91. The highest BCUT2D eigenvalue weighted by Crippen LogP contribution is 2.30. The van der Waals surface area contributed by atoms with Crippen LogP contribution < -0.4 is 5.32 Å². The van der Waals surface area contributed by atoms with Crippen LogP contribution in [0.25, 0.3) is 0 Å². The van der Waals surface area contributed by atoms with E-state index in [9.17, 15) is 4.79 Å². The summed E-state index contributed by atoms with van der Waals surface area (Å²) in [5.74, 6) is 0.528. The zero-order valence-corrected chi connectivity index (χ0v) is 9.80. The minimum absolute atomic E-state index is 0.206. The molecule has 1 aromatic rings. The van der Waals surface area contributed by atoms with Crippen LogP contribution in [0.5, 0.6) is 0 Å². The summed E-state index contributed by atoms with van der Waals surface area (Å²) in [6, 6.07) is 4.46. The molecule has 0 aromatic carbocycles. The predicted octanol–water partition coefficient (Wildman–Crippen LogP) is 0.792. The molecule has 1 saturated carbocycles. The number of hydrogen-bond donors (Lipinski definition) is 1. The lowest BCUT2D eigenvalue weighted by atomic mass is 10.0. The van der Waals surface area contributed by atoms with Crippen molar-refractivity contribution in [2.24, 2.45) is 5.92 Å². The SMILES string of the molecule is O=C(C1CNC1)N(Cc1ccncc1)C1CC1. The first-order chi connectivity index (χ1) is 8.34. The molecule has 0 atom stereocenters. The molecule has 1 aliphatic carbocycles. The zero-order chi connectivity index (χ0) is 11.7. The highest BCUT2D eigenvalue weighted by Gasteiger charge is 2.37. The quantitative estimate of drug-likeness (QED) is 0.833. The number of pyridine rings is 1. The second kappa shape index (κ2) is 4.45. The molecule has 4 heteroatoms. The monoisotopic (exact) mass is 231 g/mol. The lowest BCUT2D eigenvalue weighted by Gasteiger charge is -2.32. The van der Waals surface area contributed by atoms with Gasteiger partial charge in [-0.1, -0.05) is 0 Å². The Morgan fingerprint density at radius 1 is 1.35 bits per heavy atom. The van der Waals surface area contributed by atoms with Crippen LogP contribution in [-0.4, -0.2) is 34.9 Å². The van der Waals surface area contributed by atoms with Gasteiger partial charge in [0.1, 0.15) is 0 Å². The van der Waals surface area contributed by atoms with Crippen molar-refractivity contribution in [1.29, 1.82) is 0 Å². The van der Waals surface area contributed by atoms with Gasteiger partial charge in [0.05, 0.1) is 5.92 Å². The van der Waals surface area contributed by atoms with Gasteiger partial charge < -0.3 is 10.2 Å². The minimum Gasteiger partial charge on any atom is -0.335 e. The van der Waals surface area contributed by atoms with Gasteiger partial charge in [-0.05, 0) is 30.5 Å². The van der Waals surface area contributed by atoms with Gasteiger partial charge in [-0.3, -0.25) is 9.78 Å². The Hall–Kier alpha value is -1.42. The van der Waals surface area contributed by atoms with Crippen molar-refractivity contribution in [2.45, 2.75) is 25.4 Å². The van der Waals surface area contributed by atoms with E-state index in [1.165, 1.54) is 5.56 Å². The third kappa shape index (κ3) is 2.31. The Kier molecular flexibility index (Phi) is 2.81. The summed E-state index contributed by atoms with van der Waals surface area (Å²) in [5, 5.41) is 3.16. The fraction of sp³-hybridized carbons (Fsp3) is 0.538. The average molecular weight is 231 g/mol. The van der Waals surface area contributed by atoms with E-state index < -0.39 is 0 Å². The summed E-state index contributed by atoms with van der Waals surface area (Å²) < 4.78 is 0. The van der Waals surface area contributed by atoms with Crippen LogP contribution in [0.2, 0.25) is 0 Å². The maximum absolute atomic E-state index is 12.3. The van der Waals surface area contributed by atoms with Gasteiger partial charge in [-0.25, -0.2) is 0 Å². The van der Waals surface area contributed by atoms with Crippen molar-refractivity contribution >= 4 is 5.91 Å². The number of rotatable bonds is 4. The van der Waals surface area contributed by atoms with Gasteiger partial charge in [0.25, 0.3) is 0 Å². The Labute approximate surface area is 101 Å². The Balaban J connectivity index is 1.69. The standard InChI is InChI=1S/C13H17N3O/c17-13(11-7-15-8-11)16(12-1-2-12)9-10-3-5-14-6-4-10/h3-6,11-12,15H,1-2,7-9H2. The largest absolute Gasteiger partial charge is 0.335 e. The van der Waals surface area contributed by atoms with Crippen molar-refractivity contribution in [3.63, 3.8) is 0 Å². The first-order valence-electron chi connectivity index (χ1n) is 6.24. The van der Waals surface area contributed by atoms with E-state index in [0.29, 0.717) is 11.9 Å². The fourth-order valence-electron chi connectivity index (χ4n) is 2.16. The summed E-state index contributed by atoms with van der Waals surface area (Å²) in [4.78, 5) is 18.3. The molecule has 4 nitrogen and oxygen atoms in total. The third-order valence-electron chi connectivity index (χ3n) is 3.50. The van der Waals surface area contributed by atoms with E-state index >= 15 is 0 Å². The summed E-state index contributed by atoms with van der Waals surface area (Å²) in [7, 11) is 0. The van der Waals surface area contributed by atoms with Crippen molar-refractivity contribution in [3.05, 3.63) is 30.1 Å². The average Bonchev–Trinajstić information content (AvgIpc) is 3.08. The van der Waals surface area contributed by atoms with E-state index in [0.717, 1.165) is 32.5 Å². The van der Waals surface area contributed by atoms with Crippen molar-refractivity contribution in [1.82, 2.24) is 15.2 Å². The van der Waals surface area contributed by atoms with Crippen LogP contribution in [0.1, 0.15) is 18.4 Å². The molecular formula is C13H17N3O. The van der Waals surface area contributed by atoms with E-state index in [1.807, 2.05) is 12.1 Å². The zero-order valence-electron chi connectivity index (χ0n) is 9.80. The van der Waals surface area contributed by atoms with Gasteiger partial charge in [0.15, 0.2) is 0 Å². The Morgan fingerprint density at radius 3 is 2.59 bits per heavy atom. The number of carbonyl (C=O) groups excluding carboxylic acids is 1. The third-order valence-corrected chi connectivity index (χ3v) is 3.50. The summed E-state index contributed by atoms with van der Waals surface area (Å²) in [5.41, 5.74) is 1.17. The molecule has 1 N–H and O–H groups in total. The summed E-state index contributed by atoms with van der Waals surface area (Å²) in [6.07, 6.45) is 5.90. The minimum atomic E-state index is 0.206. The van der Waals surface area contributed by atoms with Crippen LogP contribution in [0, 0.1) is 5.92 Å². The molecule has 1 aliphatic heterocycles. The first-order valence-corrected chi connectivity index (χ1v) is 6.24. The molecule has 0 radical (unpaired) electrons. The predicted molar refractivity (Wildman–Crippen MR) is 64.2 cm³/mol. The molecule has 3 rings (SSSR count). The van der Waals surface area contributed by atoms with Crippen LogP contribution in [0.15, 0.2) is 24.5 Å². The van der Waals surface area contributed by atoms with Gasteiger partial charge in [-0.2, -0.15) is 0 Å². The first kappa shape index (κ1) is 10.7. The molecule has 2 aliphatic rings. The Bertz CT molecular complexity index is 398. The topological polar surface area (TPSA) is 45.2 Å². The second-order valence-corrected chi connectivity index (χ2v) is 4.91. The molecule has 90 valence electrons. The number of amides is 1. The van der Waals surface area contributed by atoms with E-state index in [-0.39, 0.29) is 5.92 Å². The van der Waals surface area contributed by atoms with Crippen molar-refractivity contribution in [2.75, 3.05) is 13.1 Å².